The molecule has 0 unspecified atom stereocenters. The molecule has 1 amide bonds. The first-order valence-corrected chi connectivity index (χ1v) is 13.0. The number of hydrogen-bond donors (Lipinski definition) is 0. The smallest absolute Gasteiger partial charge is 0.316 e. The van der Waals surface area contributed by atoms with E-state index < -0.39 is 0 Å². The molecule has 4 rings (SSSR count). The molecule has 0 aliphatic carbocycles. The molecule has 10 heteroatoms. The predicted octanol–water partition coefficient (Wildman–Crippen LogP) is 3.55. The molecule has 2 aromatic heterocycles. The summed E-state index contributed by atoms with van der Waals surface area (Å²) in [7, 11) is 5.32. The maximum atomic E-state index is 13.1. The molecule has 0 spiro atoms. The number of carbonyl (C=O) groups is 2. The molecule has 1 fully saturated rings. The molecule has 34 heavy (non-hydrogen) atoms. The van der Waals surface area contributed by atoms with Gasteiger partial charge in [-0.15, -0.1) is 11.3 Å². The minimum Gasteiger partial charge on any atom is -0.468 e. The van der Waals surface area contributed by atoms with E-state index >= 15 is 0 Å². The Morgan fingerprint density at radius 1 is 1.15 bits per heavy atom. The molecule has 8 nitrogen and oxygen atoms in total. The van der Waals surface area contributed by atoms with E-state index in [0.717, 1.165) is 28.1 Å². The monoisotopic (exact) mass is 499 g/mol. The number of hydrogen-bond acceptors (Lipinski definition) is 9. The summed E-state index contributed by atoms with van der Waals surface area (Å²) in [5, 5.41) is 1.60. The Hall–Kier alpha value is -2.85. The second-order valence-corrected chi connectivity index (χ2v) is 10.3. The van der Waals surface area contributed by atoms with Crippen LogP contribution in [0.3, 0.4) is 0 Å². The Kier molecular flexibility index (Phi) is 7.57. The number of thiophene rings is 1. The van der Waals surface area contributed by atoms with E-state index in [1.54, 1.807) is 11.3 Å². The number of thioether (sulfide) groups is 1. The van der Waals surface area contributed by atoms with Gasteiger partial charge in [-0.2, -0.15) is 0 Å². The zero-order valence-corrected chi connectivity index (χ0v) is 21.5. The van der Waals surface area contributed by atoms with Gasteiger partial charge in [0.1, 0.15) is 10.6 Å². The van der Waals surface area contributed by atoms with Crippen LogP contribution in [0, 0.1) is 0 Å². The standard InChI is InChI=1S/C24H29N5O3S2/c1-5-18-14-19-21(25-24(26-22(19)34-18)33-15-20(30)32-4)28-9-11-29(12-10-28)23(31)16-7-6-8-17(13-16)27(2)3/h6-8,13-14H,5,9-12,15H2,1-4H3. The van der Waals surface area contributed by atoms with Crippen molar-refractivity contribution in [1.82, 2.24) is 14.9 Å². The average molecular weight is 500 g/mol. The van der Waals surface area contributed by atoms with E-state index in [1.165, 1.54) is 23.7 Å². The Morgan fingerprint density at radius 2 is 1.91 bits per heavy atom. The third-order valence-electron chi connectivity index (χ3n) is 5.77. The highest BCUT2D eigenvalue weighted by Gasteiger charge is 2.25. The summed E-state index contributed by atoms with van der Waals surface area (Å²) in [5.41, 5.74) is 1.71. The first-order chi connectivity index (χ1) is 16.4. The summed E-state index contributed by atoms with van der Waals surface area (Å²) in [5.74, 6) is 0.785. The zero-order chi connectivity index (χ0) is 24.2. The number of ether oxygens (including phenoxy) is 1. The molecule has 1 aromatic carbocycles. The van der Waals surface area contributed by atoms with Crippen LogP contribution >= 0.6 is 23.1 Å². The maximum Gasteiger partial charge on any atom is 0.316 e. The van der Waals surface area contributed by atoms with Gasteiger partial charge < -0.3 is 19.4 Å². The molecular formula is C24H29N5O3S2. The van der Waals surface area contributed by atoms with Gasteiger partial charge >= 0.3 is 5.97 Å². The van der Waals surface area contributed by atoms with Crippen molar-refractivity contribution in [2.75, 3.05) is 62.9 Å². The first kappa shape index (κ1) is 24.3. The minimum absolute atomic E-state index is 0.0503. The Balaban J connectivity index is 1.52. The van der Waals surface area contributed by atoms with Crippen LogP contribution in [-0.4, -0.2) is 79.9 Å². The number of rotatable bonds is 7. The van der Waals surface area contributed by atoms with E-state index in [1.807, 2.05) is 48.2 Å². The lowest BCUT2D eigenvalue weighted by molar-refractivity contribution is -0.137. The third kappa shape index (κ3) is 5.28. The molecular weight excluding hydrogens is 470 g/mol. The highest BCUT2D eigenvalue weighted by Crippen LogP contribution is 2.34. The molecule has 1 aliphatic heterocycles. The number of benzene rings is 1. The molecule has 1 aliphatic rings. The second-order valence-electron chi connectivity index (χ2n) is 8.20. The van der Waals surface area contributed by atoms with Crippen LogP contribution in [0.25, 0.3) is 10.2 Å². The van der Waals surface area contributed by atoms with Gasteiger partial charge in [0.15, 0.2) is 5.16 Å². The summed E-state index contributed by atoms with van der Waals surface area (Å²) in [6.45, 7) is 4.73. The molecule has 0 atom stereocenters. The van der Waals surface area contributed by atoms with Crippen molar-refractivity contribution >= 4 is 56.7 Å². The average Bonchev–Trinajstić information content (AvgIpc) is 3.29. The summed E-state index contributed by atoms with van der Waals surface area (Å²) < 4.78 is 4.76. The summed E-state index contributed by atoms with van der Waals surface area (Å²) in [6, 6.07) is 9.89. The van der Waals surface area contributed by atoms with Gasteiger partial charge in [-0.1, -0.05) is 24.8 Å². The number of methoxy groups -OCH3 is 1. The number of fused-ring (bicyclic) bond motifs is 1. The highest BCUT2D eigenvalue weighted by atomic mass is 32.2. The molecule has 0 N–H and O–H groups in total. The van der Waals surface area contributed by atoms with E-state index in [-0.39, 0.29) is 17.6 Å². The van der Waals surface area contributed by atoms with Gasteiger partial charge in [-0.3, -0.25) is 9.59 Å². The molecule has 0 bridgehead atoms. The van der Waals surface area contributed by atoms with E-state index in [9.17, 15) is 9.59 Å². The highest BCUT2D eigenvalue weighted by molar-refractivity contribution is 7.99. The number of amides is 1. The fraction of sp³-hybridized carbons (Fsp3) is 0.417. The maximum absolute atomic E-state index is 13.1. The summed E-state index contributed by atoms with van der Waals surface area (Å²) >= 11 is 2.94. The number of anilines is 2. The molecule has 0 radical (unpaired) electrons. The normalized spacial score (nSPS) is 13.9. The second kappa shape index (κ2) is 10.6. The van der Waals surface area contributed by atoms with Crippen LogP contribution in [0.2, 0.25) is 0 Å². The summed E-state index contributed by atoms with van der Waals surface area (Å²) in [6.07, 6.45) is 0.930. The van der Waals surface area contributed by atoms with Crippen LogP contribution < -0.4 is 9.80 Å². The largest absolute Gasteiger partial charge is 0.468 e. The topological polar surface area (TPSA) is 78.9 Å². The molecule has 3 aromatic rings. The lowest BCUT2D eigenvalue weighted by atomic mass is 10.1. The van der Waals surface area contributed by atoms with Crippen LogP contribution in [0.5, 0.6) is 0 Å². The molecule has 1 saturated heterocycles. The van der Waals surface area contributed by atoms with Gasteiger partial charge in [0, 0.05) is 56.4 Å². The Morgan fingerprint density at radius 3 is 2.59 bits per heavy atom. The van der Waals surface area contributed by atoms with Crippen LogP contribution in [-0.2, 0) is 16.0 Å². The van der Waals surface area contributed by atoms with Crippen molar-refractivity contribution in [3.63, 3.8) is 0 Å². The van der Waals surface area contributed by atoms with Crippen molar-refractivity contribution in [3.05, 3.63) is 40.8 Å². The van der Waals surface area contributed by atoms with E-state index in [4.69, 9.17) is 9.72 Å². The molecule has 3 heterocycles. The quantitative estimate of drug-likeness (QED) is 0.278. The van der Waals surface area contributed by atoms with Crippen LogP contribution in [0.4, 0.5) is 11.5 Å². The molecule has 180 valence electrons. The summed E-state index contributed by atoms with van der Waals surface area (Å²) in [4.78, 5) is 42.5. The Labute approximate surface area is 207 Å². The van der Waals surface area contributed by atoms with Crippen LogP contribution in [0.15, 0.2) is 35.5 Å². The van der Waals surface area contributed by atoms with Gasteiger partial charge in [0.05, 0.1) is 18.2 Å². The van der Waals surface area contributed by atoms with Crippen LogP contribution in [0.1, 0.15) is 22.2 Å². The van der Waals surface area contributed by atoms with Crippen molar-refractivity contribution in [1.29, 1.82) is 0 Å². The van der Waals surface area contributed by atoms with Crippen molar-refractivity contribution < 1.29 is 14.3 Å². The van der Waals surface area contributed by atoms with Crippen molar-refractivity contribution in [2.24, 2.45) is 0 Å². The van der Waals surface area contributed by atoms with Gasteiger partial charge in [0.25, 0.3) is 5.91 Å². The van der Waals surface area contributed by atoms with Gasteiger partial charge in [-0.05, 0) is 30.7 Å². The molecule has 0 saturated carbocycles. The van der Waals surface area contributed by atoms with Crippen molar-refractivity contribution in [3.8, 4) is 0 Å². The SMILES string of the molecule is CCc1cc2c(N3CCN(C(=O)c4cccc(N(C)C)c4)CC3)nc(SCC(=O)OC)nc2s1. The fourth-order valence-corrected chi connectivity index (χ4v) is 5.51. The predicted molar refractivity (Wildman–Crippen MR) is 138 cm³/mol. The van der Waals surface area contributed by atoms with E-state index in [0.29, 0.717) is 36.9 Å². The number of aryl methyl sites for hydroxylation is 1. The number of esters is 1. The number of aromatic nitrogens is 2. The minimum atomic E-state index is -0.305. The Bertz CT molecular complexity index is 1190. The zero-order valence-electron chi connectivity index (χ0n) is 19.9. The lowest BCUT2D eigenvalue weighted by Gasteiger charge is -2.35. The number of nitrogens with zero attached hydrogens (tertiary/aromatic N) is 5. The fourth-order valence-electron chi connectivity index (χ4n) is 3.82. The number of piperazine rings is 1. The first-order valence-electron chi connectivity index (χ1n) is 11.2. The van der Waals surface area contributed by atoms with E-state index in [2.05, 4.69) is 22.9 Å². The van der Waals surface area contributed by atoms with Gasteiger partial charge in [-0.25, -0.2) is 9.97 Å². The van der Waals surface area contributed by atoms with Gasteiger partial charge in [0.2, 0.25) is 0 Å². The van der Waals surface area contributed by atoms with Crippen molar-refractivity contribution in [2.45, 2.75) is 18.5 Å². The number of carbonyl (C=O) groups excluding carboxylic acids is 2. The lowest BCUT2D eigenvalue weighted by Crippen LogP contribution is -2.49. The third-order valence-corrected chi connectivity index (χ3v) is 7.77.